The van der Waals surface area contributed by atoms with Gasteiger partial charge in [-0.2, -0.15) is 4.98 Å². The molecule has 0 spiro atoms. The van der Waals surface area contributed by atoms with Gasteiger partial charge in [0.05, 0.1) is 12.6 Å². The van der Waals surface area contributed by atoms with Crippen LogP contribution in [0.4, 0.5) is 8.78 Å². The summed E-state index contributed by atoms with van der Waals surface area (Å²) in [4.78, 5) is 16.2. The molecule has 2 fully saturated rings. The van der Waals surface area contributed by atoms with Gasteiger partial charge in [-0.1, -0.05) is 5.16 Å². The lowest BCUT2D eigenvalue weighted by Crippen LogP contribution is -2.46. The van der Waals surface area contributed by atoms with Crippen molar-refractivity contribution in [2.75, 3.05) is 6.54 Å². The van der Waals surface area contributed by atoms with Gasteiger partial charge in [-0.3, -0.25) is 10.1 Å². The van der Waals surface area contributed by atoms with Crippen molar-refractivity contribution in [3.8, 4) is 0 Å². The smallest absolute Gasteiger partial charge is 0.262 e. The molecule has 1 unspecified atom stereocenters. The number of nitrogens with one attached hydrogen (secondary N) is 2. The summed E-state index contributed by atoms with van der Waals surface area (Å²) < 4.78 is 31.4. The fraction of sp³-hybridized carbons (Fsp3) is 0.786. The summed E-state index contributed by atoms with van der Waals surface area (Å²) in [6.45, 7) is 1.36. The van der Waals surface area contributed by atoms with Crippen LogP contribution in [-0.2, 0) is 4.79 Å². The highest BCUT2D eigenvalue weighted by atomic mass is 19.3. The van der Waals surface area contributed by atoms with E-state index in [2.05, 4.69) is 20.8 Å². The summed E-state index contributed by atoms with van der Waals surface area (Å²) in [5.74, 6) is -1.61. The van der Waals surface area contributed by atoms with Gasteiger partial charge in [0.25, 0.3) is 5.92 Å². The number of halogens is 2. The zero-order valence-electron chi connectivity index (χ0n) is 12.4. The SMILES string of the molecule is Cc1noc(C2CCC(NC(=O)C3CC(F)(F)CN3)CC2)n1. The van der Waals surface area contributed by atoms with E-state index in [9.17, 15) is 13.6 Å². The minimum Gasteiger partial charge on any atom is -0.352 e. The van der Waals surface area contributed by atoms with Gasteiger partial charge in [-0.05, 0) is 32.6 Å². The lowest BCUT2D eigenvalue weighted by atomic mass is 9.86. The first kappa shape index (κ1) is 15.3. The van der Waals surface area contributed by atoms with Crippen molar-refractivity contribution in [2.24, 2.45) is 0 Å². The van der Waals surface area contributed by atoms with Crippen LogP contribution in [0.5, 0.6) is 0 Å². The Hall–Kier alpha value is -1.57. The summed E-state index contributed by atoms with van der Waals surface area (Å²) in [7, 11) is 0. The minimum absolute atomic E-state index is 0.0313. The Labute approximate surface area is 127 Å². The van der Waals surface area contributed by atoms with E-state index in [-0.39, 0.29) is 17.9 Å². The minimum atomic E-state index is -2.78. The maximum atomic E-state index is 13.1. The van der Waals surface area contributed by atoms with E-state index in [0.29, 0.717) is 11.7 Å². The Bertz CT molecular complexity index is 541. The highest BCUT2D eigenvalue weighted by Crippen LogP contribution is 2.32. The van der Waals surface area contributed by atoms with E-state index in [0.717, 1.165) is 25.7 Å². The molecule has 2 aliphatic rings. The normalized spacial score (nSPS) is 31.1. The summed E-state index contributed by atoms with van der Waals surface area (Å²) >= 11 is 0. The second kappa shape index (κ2) is 5.91. The van der Waals surface area contributed by atoms with Crippen LogP contribution >= 0.6 is 0 Å². The topological polar surface area (TPSA) is 80.0 Å². The molecule has 22 heavy (non-hydrogen) atoms. The van der Waals surface area contributed by atoms with Gasteiger partial charge in [0.15, 0.2) is 5.82 Å². The largest absolute Gasteiger partial charge is 0.352 e. The summed E-state index contributed by atoms with van der Waals surface area (Å²) in [5.41, 5.74) is 0. The van der Waals surface area contributed by atoms with Crippen molar-refractivity contribution < 1.29 is 18.1 Å². The molecule has 1 aliphatic heterocycles. The third-order valence-electron chi connectivity index (χ3n) is 4.39. The lowest BCUT2D eigenvalue weighted by Gasteiger charge is -2.28. The number of hydrogen-bond donors (Lipinski definition) is 2. The molecule has 1 saturated carbocycles. The van der Waals surface area contributed by atoms with Crippen LogP contribution in [0.25, 0.3) is 0 Å². The van der Waals surface area contributed by atoms with Crippen molar-refractivity contribution in [3.63, 3.8) is 0 Å². The summed E-state index contributed by atoms with van der Waals surface area (Å²) in [5, 5.41) is 9.24. The van der Waals surface area contributed by atoms with Gasteiger partial charge < -0.3 is 9.84 Å². The molecule has 0 radical (unpaired) electrons. The van der Waals surface area contributed by atoms with Gasteiger partial charge in [0.1, 0.15) is 0 Å². The van der Waals surface area contributed by atoms with E-state index in [1.165, 1.54) is 0 Å². The predicted octanol–water partition coefficient (Wildman–Crippen LogP) is 1.52. The van der Waals surface area contributed by atoms with Crippen molar-refractivity contribution in [3.05, 3.63) is 11.7 Å². The molecule has 1 atom stereocenters. The molecule has 1 amide bonds. The number of alkyl halides is 2. The molecule has 1 aromatic rings. The molecule has 8 heteroatoms. The zero-order valence-corrected chi connectivity index (χ0v) is 12.4. The molecule has 3 rings (SSSR count). The Balaban J connectivity index is 1.47. The average molecular weight is 314 g/mol. The quantitative estimate of drug-likeness (QED) is 0.884. The van der Waals surface area contributed by atoms with Crippen molar-refractivity contribution in [2.45, 2.75) is 63.0 Å². The molecule has 2 heterocycles. The molecule has 0 aromatic carbocycles. The first-order chi connectivity index (χ1) is 10.4. The molecular formula is C14H20F2N4O2. The molecule has 1 saturated heterocycles. The number of carbonyl (C=O) groups excluding carboxylic acids is 1. The molecule has 122 valence electrons. The van der Waals surface area contributed by atoms with Crippen LogP contribution in [-0.4, -0.2) is 40.6 Å². The zero-order chi connectivity index (χ0) is 15.7. The third kappa shape index (κ3) is 3.43. The Morgan fingerprint density at radius 1 is 1.36 bits per heavy atom. The van der Waals surface area contributed by atoms with E-state index in [4.69, 9.17) is 4.52 Å². The van der Waals surface area contributed by atoms with Gasteiger partial charge in [-0.25, -0.2) is 8.78 Å². The van der Waals surface area contributed by atoms with E-state index < -0.39 is 24.9 Å². The first-order valence-electron chi connectivity index (χ1n) is 7.65. The lowest BCUT2D eigenvalue weighted by molar-refractivity contribution is -0.124. The monoisotopic (exact) mass is 314 g/mol. The fourth-order valence-electron chi connectivity index (χ4n) is 3.17. The number of aromatic nitrogens is 2. The van der Waals surface area contributed by atoms with E-state index in [1.807, 2.05) is 0 Å². The van der Waals surface area contributed by atoms with Crippen LogP contribution in [0.15, 0.2) is 4.52 Å². The number of amides is 1. The highest BCUT2D eigenvalue weighted by Gasteiger charge is 2.42. The Morgan fingerprint density at radius 3 is 2.64 bits per heavy atom. The number of hydrogen-bond acceptors (Lipinski definition) is 5. The second-order valence-electron chi connectivity index (χ2n) is 6.23. The van der Waals surface area contributed by atoms with Gasteiger partial charge in [0, 0.05) is 18.4 Å². The average Bonchev–Trinajstić information content (AvgIpc) is 3.05. The van der Waals surface area contributed by atoms with Crippen LogP contribution in [0.2, 0.25) is 0 Å². The maximum absolute atomic E-state index is 13.1. The van der Waals surface area contributed by atoms with Crippen LogP contribution in [0.1, 0.15) is 49.7 Å². The van der Waals surface area contributed by atoms with Crippen LogP contribution < -0.4 is 10.6 Å². The first-order valence-corrected chi connectivity index (χ1v) is 7.65. The predicted molar refractivity (Wildman–Crippen MR) is 73.5 cm³/mol. The van der Waals surface area contributed by atoms with Crippen LogP contribution in [0, 0.1) is 6.92 Å². The van der Waals surface area contributed by atoms with E-state index in [1.54, 1.807) is 6.92 Å². The Morgan fingerprint density at radius 2 is 2.09 bits per heavy atom. The number of carbonyl (C=O) groups is 1. The number of rotatable bonds is 3. The molecule has 6 nitrogen and oxygen atoms in total. The van der Waals surface area contributed by atoms with Crippen molar-refractivity contribution in [1.82, 2.24) is 20.8 Å². The van der Waals surface area contributed by atoms with Crippen molar-refractivity contribution >= 4 is 5.91 Å². The molecule has 2 N–H and O–H groups in total. The highest BCUT2D eigenvalue weighted by molar-refractivity contribution is 5.82. The number of aryl methyl sites for hydroxylation is 1. The standard InChI is InChI=1S/C14H20F2N4O2/c1-8-18-13(22-20-8)9-2-4-10(5-3-9)19-12(21)11-6-14(15,16)7-17-11/h9-11,17H,2-7H2,1H3,(H,19,21). The summed E-state index contributed by atoms with van der Waals surface area (Å²) in [6, 6.07) is -0.755. The molecule has 1 aromatic heterocycles. The number of nitrogens with zero attached hydrogens (tertiary/aromatic N) is 2. The van der Waals surface area contributed by atoms with Gasteiger partial charge in [-0.15, -0.1) is 0 Å². The second-order valence-corrected chi connectivity index (χ2v) is 6.23. The Kier molecular flexibility index (Phi) is 4.12. The molecular weight excluding hydrogens is 294 g/mol. The molecule has 0 bridgehead atoms. The summed E-state index contributed by atoms with van der Waals surface area (Å²) in [6.07, 6.45) is 2.86. The fourth-order valence-corrected chi connectivity index (χ4v) is 3.17. The maximum Gasteiger partial charge on any atom is 0.262 e. The molecule has 1 aliphatic carbocycles. The third-order valence-corrected chi connectivity index (χ3v) is 4.39. The van der Waals surface area contributed by atoms with Gasteiger partial charge in [0.2, 0.25) is 11.8 Å². The van der Waals surface area contributed by atoms with Gasteiger partial charge >= 0.3 is 0 Å². The van der Waals surface area contributed by atoms with Crippen molar-refractivity contribution in [1.29, 1.82) is 0 Å². The van der Waals surface area contributed by atoms with E-state index >= 15 is 0 Å². The van der Waals surface area contributed by atoms with Crippen LogP contribution in [0.3, 0.4) is 0 Å².